The number of hydrogen-bond acceptors (Lipinski definition) is 2. The summed E-state index contributed by atoms with van der Waals surface area (Å²) in [7, 11) is 0. The molecule has 0 bridgehead atoms. The van der Waals surface area contributed by atoms with Crippen LogP contribution in [-0.2, 0) is 0 Å². The van der Waals surface area contributed by atoms with E-state index in [0.29, 0.717) is 0 Å². The number of carbonyl (C=O) groups is 1. The molecule has 1 atom stereocenters. The summed E-state index contributed by atoms with van der Waals surface area (Å²) in [6, 6.07) is 7.81. The fourth-order valence-corrected chi connectivity index (χ4v) is 1.27. The van der Waals surface area contributed by atoms with Crippen LogP contribution in [0.4, 0.5) is 4.79 Å². The van der Waals surface area contributed by atoms with E-state index < -0.39 is 0 Å². The van der Waals surface area contributed by atoms with Crippen LogP contribution in [0.2, 0.25) is 0 Å². The Morgan fingerprint density at radius 2 is 1.92 bits per heavy atom. The predicted molar refractivity (Wildman–Crippen MR) is 48.7 cm³/mol. The van der Waals surface area contributed by atoms with Gasteiger partial charge in [-0.25, -0.2) is 10.2 Å². The van der Waals surface area contributed by atoms with Gasteiger partial charge in [0.2, 0.25) is 0 Å². The highest BCUT2D eigenvalue weighted by molar-refractivity contribution is 5.75. The summed E-state index contributed by atoms with van der Waals surface area (Å²) in [5.41, 5.74) is 7.57. The second-order valence-electron chi connectivity index (χ2n) is 3.09. The summed E-state index contributed by atoms with van der Waals surface area (Å²) in [6.45, 7) is 2.03. The minimum Gasteiger partial charge on any atom is -0.316 e. The SMILES string of the molecule is Cc1ccc(C2NNC(=O)N2)cc1. The molecule has 1 heterocycles. The molecule has 1 saturated heterocycles. The zero-order valence-electron chi connectivity index (χ0n) is 7.29. The Balaban J connectivity index is 2.17. The highest BCUT2D eigenvalue weighted by Gasteiger charge is 2.19. The molecular weight excluding hydrogens is 166 g/mol. The molecule has 1 aromatic carbocycles. The molecule has 0 aliphatic carbocycles. The molecule has 13 heavy (non-hydrogen) atoms. The largest absolute Gasteiger partial charge is 0.330 e. The number of urea groups is 1. The van der Waals surface area contributed by atoms with Crippen LogP contribution in [0.3, 0.4) is 0 Å². The molecule has 2 amide bonds. The summed E-state index contributed by atoms with van der Waals surface area (Å²) < 4.78 is 0. The van der Waals surface area contributed by atoms with Gasteiger partial charge in [0.25, 0.3) is 0 Å². The van der Waals surface area contributed by atoms with Gasteiger partial charge in [-0.1, -0.05) is 29.8 Å². The Morgan fingerprint density at radius 3 is 2.46 bits per heavy atom. The van der Waals surface area contributed by atoms with Gasteiger partial charge in [-0.2, -0.15) is 0 Å². The van der Waals surface area contributed by atoms with E-state index in [2.05, 4.69) is 16.2 Å². The first-order valence-electron chi connectivity index (χ1n) is 4.14. The molecule has 68 valence electrons. The van der Waals surface area contributed by atoms with E-state index in [9.17, 15) is 4.79 Å². The number of aryl methyl sites for hydroxylation is 1. The standard InChI is InChI=1S/C9H11N3O/c1-6-2-4-7(5-3-6)8-10-9(13)12-11-8/h2-5,8,11H,1H3,(H2,10,12,13). The molecule has 4 nitrogen and oxygen atoms in total. The molecule has 0 radical (unpaired) electrons. The van der Waals surface area contributed by atoms with Crippen LogP contribution in [-0.4, -0.2) is 6.03 Å². The number of amides is 2. The molecule has 1 aliphatic heterocycles. The van der Waals surface area contributed by atoms with Crippen molar-refractivity contribution in [3.63, 3.8) is 0 Å². The number of carbonyl (C=O) groups excluding carboxylic acids is 1. The maximum atomic E-state index is 10.8. The zero-order valence-corrected chi connectivity index (χ0v) is 7.29. The number of rotatable bonds is 1. The molecule has 1 unspecified atom stereocenters. The van der Waals surface area contributed by atoms with Gasteiger partial charge in [0.1, 0.15) is 6.17 Å². The van der Waals surface area contributed by atoms with Crippen LogP contribution in [0.1, 0.15) is 17.3 Å². The van der Waals surface area contributed by atoms with Crippen molar-refractivity contribution in [2.24, 2.45) is 0 Å². The minimum atomic E-state index is -0.189. The van der Waals surface area contributed by atoms with Crippen LogP contribution >= 0.6 is 0 Å². The van der Waals surface area contributed by atoms with Crippen molar-refractivity contribution in [1.29, 1.82) is 0 Å². The van der Waals surface area contributed by atoms with Crippen molar-refractivity contribution in [3.8, 4) is 0 Å². The summed E-state index contributed by atoms with van der Waals surface area (Å²) in [4.78, 5) is 10.8. The van der Waals surface area contributed by atoms with Crippen LogP contribution in [0.15, 0.2) is 24.3 Å². The van der Waals surface area contributed by atoms with E-state index in [4.69, 9.17) is 0 Å². The third-order valence-corrected chi connectivity index (χ3v) is 2.02. The predicted octanol–water partition coefficient (Wildman–Crippen LogP) is 0.811. The molecule has 4 heteroatoms. The number of hydrazine groups is 1. The third kappa shape index (κ3) is 1.62. The molecule has 1 aromatic rings. The fourth-order valence-electron chi connectivity index (χ4n) is 1.27. The van der Waals surface area contributed by atoms with E-state index in [1.54, 1.807) is 0 Å². The van der Waals surface area contributed by atoms with E-state index >= 15 is 0 Å². The van der Waals surface area contributed by atoms with Gasteiger partial charge in [0.15, 0.2) is 0 Å². The van der Waals surface area contributed by atoms with E-state index in [1.807, 2.05) is 31.2 Å². The lowest BCUT2D eigenvalue weighted by Crippen LogP contribution is -2.26. The molecule has 0 spiro atoms. The van der Waals surface area contributed by atoms with Gasteiger partial charge in [0.05, 0.1) is 0 Å². The second-order valence-corrected chi connectivity index (χ2v) is 3.09. The topological polar surface area (TPSA) is 53.2 Å². The molecule has 2 rings (SSSR count). The monoisotopic (exact) mass is 177 g/mol. The number of hydrogen-bond donors (Lipinski definition) is 3. The van der Waals surface area contributed by atoms with E-state index in [0.717, 1.165) is 5.56 Å². The van der Waals surface area contributed by atoms with Gasteiger partial charge in [-0.05, 0) is 12.5 Å². The Kier molecular flexibility index (Phi) is 1.90. The summed E-state index contributed by atoms with van der Waals surface area (Å²) >= 11 is 0. The quantitative estimate of drug-likeness (QED) is 0.594. The lowest BCUT2D eigenvalue weighted by atomic mass is 10.1. The average Bonchev–Trinajstić information content (AvgIpc) is 2.53. The van der Waals surface area contributed by atoms with Crippen molar-refractivity contribution >= 4 is 6.03 Å². The lowest BCUT2D eigenvalue weighted by Gasteiger charge is -2.08. The van der Waals surface area contributed by atoms with E-state index in [-0.39, 0.29) is 12.2 Å². The van der Waals surface area contributed by atoms with Gasteiger partial charge >= 0.3 is 6.03 Å². The normalized spacial score (nSPS) is 21.0. The lowest BCUT2D eigenvalue weighted by molar-refractivity contribution is 0.247. The van der Waals surface area contributed by atoms with Crippen molar-refractivity contribution in [3.05, 3.63) is 35.4 Å². The molecule has 0 aromatic heterocycles. The number of benzene rings is 1. The first-order valence-corrected chi connectivity index (χ1v) is 4.14. The van der Waals surface area contributed by atoms with Gasteiger partial charge in [-0.3, -0.25) is 5.43 Å². The zero-order chi connectivity index (χ0) is 9.26. The Morgan fingerprint density at radius 1 is 1.23 bits per heavy atom. The van der Waals surface area contributed by atoms with Crippen molar-refractivity contribution in [2.75, 3.05) is 0 Å². The molecule has 0 saturated carbocycles. The Bertz CT molecular complexity index is 320. The number of nitrogens with one attached hydrogen (secondary N) is 3. The average molecular weight is 177 g/mol. The van der Waals surface area contributed by atoms with Crippen molar-refractivity contribution in [2.45, 2.75) is 13.1 Å². The Labute approximate surface area is 76.3 Å². The summed E-state index contributed by atoms with van der Waals surface area (Å²) in [5.74, 6) is 0. The molecular formula is C9H11N3O. The van der Waals surface area contributed by atoms with Crippen molar-refractivity contribution < 1.29 is 4.79 Å². The first kappa shape index (κ1) is 8.07. The van der Waals surface area contributed by atoms with Crippen molar-refractivity contribution in [1.82, 2.24) is 16.2 Å². The highest BCUT2D eigenvalue weighted by atomic mass is 16.2. The van der Waals surface area contributed by atoms with Crippen LogP contribution in [0.25, 0.3) is 0 Å². The third-order valence-electron chi connectivity index (χ3n) is 2.02. The van der Waals surface area contributed by atoms with Gasteiger partial charge in [0, 0.05) is 0 Å². The maximum absolute atomic E-state index is 10.8. The summed E-state index contributed by atoms with van der Waals surface area (Å²) in [6.07, 6.45) is -0.118. The first-order chi connectivity index (χ1) is 6.25. The molecule has 1 fully saturated rings. The second kappa shape index (κ2) is 3.06. The van der Waals surface area contributed by atoms with Crippen LogP contribution < -0.4 is 16.2 Å². The molecule has 3 N–H and O–H groups in total. The van der Waals surface area contributed by atoms with Gasteiger partial charge < -0.3 is 5.32 Å². The van der Waals surface area contributed by atoms with Crippen LogP contribution in [0, 0.1) is 6.92 Å². The maximum Gasteiger partial charge on any atom is 0.330 e. The van der Waals surface area contributed by atoms with E-state index in [1.165, 1.54) is 5.56 Å². The smallest absolute Gasteiger partial charge is 0.316 e. The fraction of sp³-hybridized carbons (Fsp3) is 0.222. The Hall–Kier alpha value is -1.55. The van der Waals surface area contributed by atoms with Gasteiger partial charge in [-0.15, -0.1) is 0 Å². The molecule has 1 aliphatic rings. The minimum absolute atomic E-state index is 0.118. The summed E-state index contributed by atoms with van der Waals surface area (Å²) in [5, 5.41) is 2.73. The van der Waals surface area contributed by atoms with Crippen LogP contribution in [0.5, 0.6) is 0 Å². The highest BCUT2D eigenvalue weighted by Crippen LogP contribution is 2.12.